The number of benzene rings is 1. The van der Waals surface area contributed by atoms with Crippen LogP contribution in [0.1, 0.15) is 25.0 Å². The fraction of sp³-hybridized carbons (Fsp3) is 0.364. The molecule has 1 rings (SSSR count). The van der Waals surface area contributed by atoms with E-state index in [0.717, 1.165) is 16.6 Å². The van der Waals surface area contributed by atoms with Crippen molar-refractivity contribution in [3.8, 4) is 0 Å². The first-order valence-corrected chi connectivity index (χ1v) is 5.41. The Morgan fingerprint density at radius 3 is 2.27 bits per heavy atom. The molecule has 15 heavy (non-hydrogen) atoms. The first kappa shape index (κ1) is 16.5. The molecule has 0 spiro atoms. The van der Waals surface area contributed by atoms with E-state index < -0.39 is 0 Å². The lowest BCUT2D eigenvalue weighted by Crippen LogP contribution is -2.06. The fourth-order valence-electron chi connectivity index (χ4n) is 0.846. The summed E-state index contributed by atoms with van der Waals surface area (Å²) in [5.41, 5.74) is 2.58. The number of aryl methyl sites for hydroxylation is 1. The van der Waals surface area contributed by atoms with Crippen LogP contribution >= 0.6 is 11.6 Å². The van der Waals surface area contributed by atoms with Crippen LogP contribution in [0.5, 0.6) is 0 Å². The summed E-state index contributed by atoms with van der Waals surface area (Å²) in [4.78, 5) is 0. The highest BCUT2D eigenvalue weighted by molar-refractivity contribution is 6.33. The molecule has 0 aliphatic carbocycles. The Hall–Kier alpha value is -0.955. The van der Waals surface area contributed by atoms with Crippen molar-refractivity contribution < 1.29 is 5.21 Å². The van der Waals surface area contributed by atoms with Gasteiger partial charge in [-0.2, -0.15) is 0 Å². The van der Waals surface area contributed by atoms with Gasteiger partial charge in [-0.05, 0) is 12.5 Å². The van der Waals surface area contributed by atoms with Crippen LogP contribution < -0.4 is 5.46 Å². The summed E-state index contributed by atoms with van der Waals surface area (Å²) >= 11 is 4.64. The maximum Gasteiger partial charge on any atom is 0.114 e. The molecule has 0 bridgehead atoms. The van der Waals surface area contributed by atoms with Crippen molar-refractivity contribution in [3.05, 3.63) is 29.3 Å². The van der Waals surface area contributed by atoms with E-state index in [0.29, 0.717) is 0 Å². The summed E-state index contributed by atoms with van der Waals surface area (Å²) in [7, 11) is 5.58. The Bertz CT molecular complexity index is 290. The van der Waals surface area contributed by atoms with Crippen LogP contribution in [0.3, 0.4) is 0 Å². The second kappa shape index (κ2) is 11.1. The zero-order valence-electron chi connectivity index (χ0n) is 9.66. The molecular weight excluding hydrogens is 208 g/mol. The Balaban J connectivity index is 0. The molecule has 1 aromatic rings. The maximum atomic E-state index is 8.22. The number of rotatable bonds is 1. The van der Waals surface area contributed by atoms with Gasteiger partial charge in [0.05, 0.1) is 6.21 Å². The second-order valence-electron chi connectivity index (χ2n) is 2.36. The van der Waals surface area contributed by atoms with Crippen molar-refractivity contribution in [1.82, 2.24) is 0 Å². The quantitative estimate of drug-likeness (QED) is 0.257. The van der Waals surface area contributed by atoms with Gasteiger partial charge in [0.1, 0.15) is 7.85 Å². The van der Waals surface area contributed by atoms with Crippen LogP contribution in [-0.4, -0.2) is 25.7 Å². The van der Waals surface area contributed by atoms with Crippen LogP contribution in [0, 0.1) is 6.92 Å². The van der Waals surface area contributed by atoms with Crippen molar-refractivity contribution >= 4 is 31.1 Å². The maximum absolute atomic E-state index is 8.22. The predicted molar refractivity (Wildman–Crippen MR) is 69.1 cm³/mol. The standard InChI is InChI=1S/C8H8BNO.C2H6.CH3Cl/c1-6-4-7(5-10-11)2-3-8(6)9;2*1-2/h2-5,11H,1H3;1-2H3;1H3. The van der Waals surface area contributed by atoms with Gasteiger partial charge in [0, 0.05) is 6.38 Å². The Labute approximate surface area is 98.4 Å². The lowest BCUT2D eigenvalue weighted by molar-refractivity contribution is 0.322. The molecule has 1 aromatic carbocycles. The number of hydrogen-bond donors (Lipinski definition) is 1. The van der Waals surface area contributed by atoms with Crippen LogP contribution in [0.2, 0.25) is 0 Å². The molecule has 4 heteroatoms. The minimum atomic E-state index is 0.750. The average molecular weight is 226 g/mol. The van der Waals surface area contributed by atoms with E-state index >= 15 is 0 Å². The first-order valence-electron chi connectivity index (χ1n) is 4.65. The number of oxime groups is 1. The molecular formula is C11H17BClNO. The number of alkyl halides is 1. The summed E-state index contributed by atoms with van der Waals surface area (Å²) < 4.78 is 0. The summed E-state index contributed by atoms with van der Waals surface area (Å²) in [5, 5.41) is 11.1. The van der Waals surface area contributed by atoms with E-state index in [9.17, 15) is 0 Å². The van der Waals surface area contributed by atoms with Crippen molar-refractivity contribution in [1.29, 1.82) is 0 Å². The third-order valence-electron chi connectivity index (χ3n) is 1.50. The molecule has 82 valence electrons. The van der Waals surface area contributed by atoms with E-state index in [1.54, 1.807) is 12.1 Å². The number of halogens is 1. The van der Waals surface area contributed by atoms with Crippen molar-refractivity contribution in [2.24, 2.45) is 5.16 Å². The smallest absolute Gasteiger partial charge is 0.114 e. The normalized spacial score (nSPS) is 8.60. The highest BCUT2D eigenvalue weighted by atomic mass is 35.5. The van der Waals surface area contributed by atoms with Gasteiger partial charge < -0.3 is 5.21 Å². The summed E-state index contributed by atoms with van der Waals surface area (Å²) in [5.74, 6) is 0. The van der Waals surface area contributed by atoms with E-state index in [4.69, 9.17) is 13.1 Å². The van der Waals surface area contributed by atoms with E-state index in [1.165, 1.54) is 12.6 Å². The van der Waals surface area contributed by atoms with Crippen molar-refractivity contribution in [2.45, 2.75) is 20.8 Å². The molecule has 1 N–H and O–H groups in total. The van der Waals surface area contributed by atoms with Crippen LogP contribution in [0.4, 0.5) is 0 Å². The number of hydrogen-bond acceptors (Lipinski definition) is 2. The van der Waals surface area contributed by atoms with Gasteiger partial charge in [-0.3, -0.25) is 0 Å². The molecule has 2 nitrogen and oxygen atoms in total. The molecule has 0 aromatic heterocycles. The molecule has 0 saturated carbocycles. The van der Waals surface area contributed by atoms with Gasteiger partial charge in [-0.15, -0.1) is 11.6 Å². The third-order valence-corrected chi connectivity index (χ3v) is 1.50. The van der Waals surface area contributed by atoms with E-state index in [-0.39, 0.29) is 0 Å². The average Bonchev–Trinajstić information content (AvgIpc) is 2.30. The van der Waals surface area contributed by atoms with Crippen LogP contribution in [0.15, 0.2) is 23.4 Å². The Morgan fingerprint density at radius 2 is 1.87 bits per heavy atom. The van der Waals surface area contributed by atoms with Crippen molar-refractivity contribution in [3.63, 3.8) is 0 Å². The highest BCUT2D eigenvalue weighted by Gasteiger charge is 1.91. The largest absolute Gasteiger partial charge is 0.411 e. The van der Waals surface area contributed by atoms with E-state index in [1.807, 2.05) is 26.8 Å². The molecule has 0 amide bonds. The highest BCUT2D eigenvalue weighted by Crippen LogP contribution is 1.97. The second-order valence-corrected chi connectivity index (χ2v) is 2.36. The molecule has 0 aliphatic rings. The zero-order valence-corrected chi connectivity index (χ0v) is 10.4. The predicted octanol–water partition coefficient (Wildman–Crippen LogP) is 2.48. The molecule has 0 heterocycles. The molecule has 0 saturated heterocycles. The summed E-state index contributed by atoms with van der Waals surface area (Å²) in [6, 6.07) is 5.43. The van der Waals surface area contributed by atoms with Gasteiger partial charge in [0.15, 0.2) is 0 Å². The third kappa shape index (κ3) is 7.03. The molecule has 0 fully saturated rings. The summed E-state index contributed by atoms with van der Waals surface area (Å²) in [6.45, 7) is 5.91. The summed E-state index contributed by atoms with van der Waals surface area (Å²) in [6.07, 6.45) is 2.84. The number of nitrogens with zero attached hydrogens (tertiary/aromatic N) is 1. The van der Waals surface area contributed by atoms with Crippen molar-refractivity contribution in [2.75, 3.05) is 6.38 Å². The molecule has 0 atom stereocenters. The van der Waals surface area contributed by atoms with Gasteiger partial charge in [0.2, 0.25) is 0 Å². The molecule has 0 aliphatic heterocycles. The Morgan fingerprint density at radius 1 is 1.33 bits per heavy atom. The first-order chi connectivity index (χ1) is 7.24. The lowest BCUT2D eigenvalue weighted by Gasteiger charge is -1.99. The van der Waals surface area contributed by atoms with Crippen LogP contribution in [0.25, 0.3) is 0 Å². The molecule has 0 unspecified atom stereocenters. The van der Waals surface area contributed by atoms with Gasteiger partial charge >= 0.3 is 0 Å². The lowest BCUT2D eigenvalue weighted by atomic mass is 9.90. The Kier molecular flexibility index (Phi) is 12.2. The van der Waals surface area contributed by atoms with Gasteiger partial charge in [-0.25, -0.2) is 0 Å². The van der Waals surface area contributed by atoms with Gasteiger partial charge in [-0.1, -0.05) is 48.2 Å². The minimum Gasteiger partial charge on any atom is -0.411 e. The fourth-order valence-corrected chi connectivity index (χ4v) is 0.846. The van der Waals surface area contributed by atoms with E-state index in [2.05, 4.69) is 16.8 Å². The monoisotopic (exact) mass is 225 g/mol. The van der Waals surface area contributed by atoms with Crippen LogP contribution in [-0.2, 0) is 0 Å². The minimum absolute atomic E-state index is 0.750. The zero-order chi connectivity index (χ0) is 12.3. The topological polar surface area (TPSA) is 32.6 Å². The van der Waals surface area contributed by atoms with Gasteiger partial charge in [0.25, 0.3) is 0 Å². The molecule has 2 radical (unpaired) electrons. The SMILES string of the molecule is CC.CCl.[B]c1ccc(C=NO)cc1C.